The van der Waals surface area contributed by atoms with Crippen LogP contribution in [0.3, 0.4) is 0 Å². The SMILES string of the molecule is CCNC(CCCC(F)(F)F)C(C)(C)OC. The van der Waals surface area contributed by atoms with E-state index in [4.69, 9.17) is 4.74 Å². The first-order valence-corrected chi connectivity index (χ1v) is 5.58. The van der Waals surface area contributed by atoms with Crippen LogP contribution in [0.4, 0.5) is 13.2 Å². The van der Waals surface area contributed by atoms with E-state index in [2.05, 4.69) is 5.32 Å². The minimum Gasteiger partial charge on any atom is -0.377 e. The molecule has 16 heavy (non-hydrogen) atoms. The van der Waals surface area contributed by atoms with Gasteiger partial charge in [-0.15, -0.1) is 0 Å². The Morgan fingerprint density at radius 1 is 1.25 bits per heavy atom. The van der Waals surface area contributed by atoms with Crippen molar-refractivity contribution in [2.75, 3.05) is 13.7 Å². The largest absolute Gasteiger partial charge is 0.389 e. The lowest BCUT2D eigenvalue weighted by molar-refractivity contribution is -0.136. The number of likely N-dealkylation sites (N-methyl/N-ethyl adjacent to an activating group) is 1. The van der Waals surface area contributed by atoms with E-state index in [1.165, 1.54) is 0 Å². The molecular weight excluding hydrogens is 219 g/mol. The third kappa shape index (κ3) is 6.33. The van der Waals surface area contributed by atoms with E-state index >= 15 is 0 Å². The fourth-order valence-corrected chi connectivity index (χ4v) is 1.59. The first-order chi connectivity index (χ1) is 7.23. The van der Waals surface area contributed by atoms with Gasteiger partial charge < -0.3 is 10.1 Å². The third-order valence-electron chi connectivity index (χ3n) is 2.77. The molecule has 0 saturated heterocycles. The van der Waals surface area contributed by atoms with Crippen LogP contribution in [0.5, 0.6) is 0 Å². The van der Waals surface area contributed by atoms with Crippen molar-refractivity contribution in [1.29, 1.82) is 0 Å². The molecule has 0 saturated carbocycles. The van der Waals surface area contributed by atoms with E-state index < -0.39 is 18.2 Å². The maximum absolute atomic E-state index is 12.0. The molecule has 98 valence electrons. The van der Waals surface area contributed by atoms with Gasteiger partial charge in [-0.25, -0.2) is 0 Å². The van der Waals surface area contributed by atoms with Crippen LogP contribution in [-0.2, 0) is 4.74 Å². The smallest absolute Gasteiger partial charge is 0.377 e. The van der Waals surface area contributed by atoms with Gasteiger partial charge >= 0.3 is 6.18 Å². The molecule has 0 amide bonds. The summed E-state index contributed by atoms with van der Waals surface area (Å²) in [6.07, 6.45) is -4.19. The topological polar surface area (TPSA) is 21.3 Å². The molecule has 1 unspecified atom stereocenters. The van der Waals surface area contributed by atoms with Crippen molar-refractivity contribution in [2.45, 2.75) is 57.9 Å². The summed E-state index contributed by atoms with van der Waals surface area (Å²) in [5.74, 6) is 0. The molecular formula is C11H22F3NO. The summed E-state index contributed by atoms with van der Waals surface area (Å²) in [4.78, 5) is 0. The molecule has 0 rings (SSSR count). The first kappa shape index (κ1) is 15.7. The van der Waals surface area contributed by atoms with Gasteiger partial charge in [0, 0.05) is 19.6 Å². The van der Waals surface area contributed by atoms with Gasteiger partial charge in [0.2, 0.25) is 0 Å². The third-order valence-corrected chi connectivity index (χ3v) is 2.77. The number of rotatable bonds is 7. The number of ether oxygens (including phenoxy) is 1. The highest BCUT2D eigenvalue weighted by atomic mass is 19.4. The standard InChI is InChI=1S/C11H22F3NO/c1-5-15-9(10(2,3)16-4)7-6-8-11(12,13)14/h9,15H,5-8H2,1-4H3. The van der Waals surface area contributed by atoms with Crippen LogP contribution >= 0.6 is 0 Å². The Bertz CT molecular complexity index is 192. The molecule has 5 heteroatoms. The summed E-state index contributed by atoms with van der Waals surface area (Å²) in [5.41, 5.74) is -0.443. The average Bonchev–Trinajstić information content (AvgIpc) is 2.14. The maximum Gasteiger partial charge on any atom is 0.389 e. The van der Waals surface area contributed by atoms with Crippen molar-refractivity contribution in [3.63, 3.8) is 0 Å². The Morgan fingerprint density at radius 3 is 2.19 bits per heavy atom. The Kier molecular flexibility index (Phi) is 6.33. The summed E-state index contributed by atoms with van der Waals surface area (Å²) in [5, 5.41) is 3.17. The lowest BCUT2D eigenvalue weighted by Gasteiger charge is -2.34. The van der Waals surface area contributed by atoms with Crippen LogP contribution in [0.25, 0.3) is 0 Å². The molecule has 0 heterocycles. The summed E-state index contributed by atoms with van der Waals surface area (Å²) >= 11 is 0. The summed E-state index contributed by atoms with van der Waals surface area (Å²) < 4.78 is 41.3. The monoisotopic (exact) mass is 241 g/mol. The van der Waals surface area contributed by atoms with Crippen molar-refractivity contribution in [3.05, 3.63) is 0 Å². The van der Waals surface area contributed by atoms with E-state index in [9.17, 15) is 13.2 Å². The predicted octanol–water partition coefficient (Wildman–Crippen LogP) is 3.12. The van der Waals surface area contributed by atoms with Gasteiger partial charge in [-0.1, -0.05) is 6.92 Å². The number of hydrogen-bond donors (Lipinski definition) is 1. The second kappa shape index (κ2) is 6.45. The molecule has 0 aliphatic carbocycles. The van der Waals surface area contributed by atoms with Crippen molar-refractivity contribution >= 4 is 0 Å². The molecule has 0 aliphatic heterocycles. The van der Waals surface area contributed by atoms with Crippen molar-refractivity contribution < 1.29 is 17.9 Å². The quantitative estimate of drug-likeness (QED) is 0.739. The Labute approximate surface area is 95.5 Å². The first-order valence-electron chi connectivity index (χ1n) is 5.58. The van der Waals surface area contributed by atoms with Gasteiger partial charge in [0.05, 0.1) is 5.60 Å². The van der Waals surface area contributed by atoms with Crippen LogP contribution in [0.2, 0.25) is 0 Å². The fourth-order valence-electron chi connectivity index (χ4n) is 1.59. The van der Waals surface area contributed by atoms with Gasteiger partial charge in [0.1, 0.15) is 0 Å². The number of alkyl halides is 3. The van der Waals surface area contributed by atoms with Gasteiger partial charge in [-0.2, -0.15) is 13.2 Å². The van der Waals surface area contributed by atoms with Crippen molar-refractivity contribution in [3.8, 4) is 0 Å². The lowest BCUT2D eigenvalue weighted by atomic mass is 9.93. The zero-order valence-corrected chi connectivity index (χ0v) is 10.4. The molecule has 0 aromatic carbocycles. The molecule has 0 fully saturated rings. The second-order valence-corrected chi connectivity index (χ2v) is 4.43. The van der Waals surface area contributed by atoms with Crippen molar-refractivity contribution in [2.24, 2.45) is 0 Å². The van der Waals surface area contributed by atoms with Crippen LogP contribution in [0, 0.1) is 0 Å². The minimum absolute atomic E-state index is 0.0511. The molecule has 1 atom stereocenters. The number of hydrogen-bond acceptors (Lipinski definition) is 2. The molecule has 0 spiro atoms. The van der Waals surface area contributed by atoms with Gasteiger partial charge in [-0.3, -0.25) is 0 Å². The molecule has 0 radical (unpaired) electrons. The summed E-state index contributed by atoms with van der Waals surface area (Å²) in [6, 6.07) is -0.0511. The molecule has 0 bridgehead atoms. The predicted molar refractivity (Wildman–Crippen MR) is 58.5 cm³/mol. The van der Waals surface area contributed by atoms with Crippen LogP contribution in [0.15, 0.2) is 0 Å². The highest BCUT2D eigenvalue weighted by Crippen LogP contribution is 2.25. The van der Waals surface area contributed by atoms with E-state index in [0.717, 1.165) is 6.54 Å². The van der Waals surface area contributed by atoms with Crippen LogP contribution in [-0.4, -0.2) is 31.5 Å². The highest BCUT2D eigenvalue weighted by molar-refractivity contribution is 4.85. The maximum atomic E-state index is 12.0. The zero-order chi connectivity index (χ0) is 12.8. The highest BCUT2D eigenvalue weighted by Gasteiger charge is 2.31. The van der Waals surface area contributed by atoms with E-state index in [-0.39, 0.29) is 12.5 Å². The van der Waals surface area contributed by atoms with E-state index in [1.807, 2.05) is 20.8 Å². The molecule has 0 aliphatic rings. The Morgan fingerprint density at radius 2 is 1.81 bits per heavy atom. The molecule has 2 nitrogen and oxygen atoms in total. The average molecular weight is 241 g/mol. The Hall–Kier alpha value is -0.290. The van der Waals surface area contributed by atoms with E-state index in [0.29, 0.717) is 6.42 Å². The number of methoxy groups -OCH3 is 1. The molecule has 0 aromatic heterocycles. The zero-order valence-electron chi connectivity index (χ0n) is 10.4. The fraction of sp³-hybridized carbons (Fsp3) is 1.00. The molecule has 0 aromatic rings. The van der Waals surface area contributed by atoms with Crippen LogP contribution < -0.4 is 5.32 Å². The number of nitrogens with one attached hydrogen (secondary N) is 1. The van der Waals surface area contributed by atoms with E-state index in [1.54, 1.807) is 7.11 Å². The summed E-state index contributed by atoms with van der Waals surface area (Å²) in [7, 11) is 1.58. The lowest BCUT2D eigenvalue weighted by Crippen LogP contribution is -2.48. The summed E-state index contributed by atoms with van der Waals surface area (Å²) in [6.45, 7) is 6.42. The normalized spacial score (nSPS) is 15.2. The van der Waals surface area contributed by atoms with Gasteiger partial charge in [0.25, 0.3) is 0 Å². The number of halogens is 3. The molecule has 1 N–H and O–H groups in total. The van der Waals surface area contributed by atoms with Gasteiger partial charge in [0.15, 0.2) is 0 Å². The Balaban J connectivity index is 4.14. The minimum atomic E-state index is -4.06. The van der Waals surface area contributed by atoms with Crippen molar-refractivity contribution in [1.82, 2.24) is 5.32 Å². The van der Waals surface area contributed by atoms with Crippen LogP contribution in [0.1, 0.15) is 40.0 Å². The van der Waals surface area contributed by atoms with Gasteiger partial charge in [-0.05, 0) is 33.2 Å². The second-order valence-electron chi connectivity index (χ2n) is 4.43.